The van der Waals surface area contributed by atoms with Gasteiger partial charge in [-0.1, -0.05) is 19.1 Å². The zero-order valence-corrected chi connectivity index (χ0v) is 11.3. The highest BCUT2D eigenvalue weighted by atomic mass is 35.5. The predicted molar refractivity (Wildman–Crippen MR) is 68.7 cm³/mol. The monoisotopic (exact) mass is 273 g/mol. The van der Waals surface area contributed by atoms with Crippen LogP contribution in [0.5, 0.6) is 0 Å². The molecule has 1 aliphatic carbocycles. The Balaban J connectivity index is 2.39. The van der Waals surface area contributed by atoms with Crippen molar-refractivity contribution in [3.8, 4) is 0 Å². The summed E-state index contributed by atoms with van der Waals surface area (Å²) in [6, 6.07) is 5.53. The first-order chi connectivity index (χ1) is 8.06. The fraction of sp³-hybridized carbons (Fsp3) is 0.500. The maximum absolute atomic E-state index is 12.2. The number of benzene rings is 1. The number of nitrogens with one attached hydrogen (secondary N) is 1. The minimum absolute atomic E-state index is 0.129. The van der Waals surface area contributed by atoms with Crippen molar-refractivity contribution in [2.75, 3.05) is 0 Å². The van der Waals surface area contributed by atoms with Gasteiger partial charge in [-0.2, -0.15) is 0 Å². The highest BCUT2D eigenvalue weighted by molar-refractivity contribution is 7.89. The summed E-state index contributed by atoms with van der Waals surface area (Å²) in [6.07, 6.45) is 2.58. The van der Waals surface area contributed by atoms with E-state index in [4.69, 9.17) is 11.6 Å². The molecule has 94 valence electrons. The summed E-state index contributed by atoms with van der Waals surface area (Å²) >= 11 is 5.75. The number of hydrogen-bond donors (Lipinski definition) is 1. The minimum Gasteiger partial charge on any atom is -0.208 e. The third-order valence-corrected chi connectivity index (χ3v) is 4.77. The van der Waals surface area contributed by atoms with E-state index in [9.17, 15) is 8.42 Å². The van der Waals surface area contributed by atoms with Gasteiger partial charge in [-0.05, 0) is 36.5 Å². The van der Waals surface area contributed by atoms with E-state index in [-0.39, 0.29) is 6.04 Å². The van der Waals surface area contributed by atoms with Gasteiger partial charge in [0.2, 0.25) is 10.0 Å². The van der Waals surface area contributed by atoms with Gasteiger partial charge in [0.25, 0.3) is 0 Å². The van der Waals surface area contributed by atoms with E-state index >= 15 is 0 Å². The number of rotatable bonds is 5. The molecule has 0 amide bonds. The average molecular weight is 274 g/mol. The van der Waals surface area contributed by atoms with Crippen LogP contribution in [0, 0.1) is 0 Å². The van der Waals surface area contributed by atoms with Crippen molar-refractivity contribution in [3.63, 3.8) is 0 Å². The molecule has 0 aliphatic heterocycles. The summed E-state index contributed by atoms with van der Waals surface area (Å²) in [5, 5.41) is 0. The molecular weight excluding hydrogens is 258 g/mol. The predicted octanol–water partition coefficient (Wildman–Crippen LogP) is 2.43. The average Bonchev–Trinajstić information content (AvgIpc) is 3.11. The van der Waals surface area contributed by atoms with Crippen molar-refractivity contribution < 1.29 is 8.42 Å². The number of hydrogen-bond acceptors (Lipinski definition) is 2. The van der Waals surface area contributed by atoms with E-state index in [0.29, 0.717) is 17.2 Å². The van der Waals surface area contributed by atoms with Gasteiger partial charge in [-0.3, -0.25) is 0 Å². The molecule has 1 saturated carbocycles. The second-order valence-corrected chi connectivity index (χ2v) is 6.27. The summed E-state index contributed by atoms with van der Waals surface area (Å²) in [5.41, 5.74) is 1.67. The molecule has 0 atom stereocenters. The second kappa shape index (κ2) is 4.96. The number of halogens is 1. The van der Waals surface area contributed by atoms with Crippen molar-refractivity contribution in [1.82, 2.24) is 4.72 Å². The molecule has 0 saturated heterocycles. The van der Waals surface area contributed by atoms with E-state index < -0.39 is 10.0 Å². The van der Waals surface area contributed by atoms with Crippen LogP contribution < -0.4 is 4.72 Å². The normalized spacial score (nSPS) is 16.1. The van der Waals surface area contributed by atoms with Gasteiger partial charge in [0.1, 0.15) is 0 Å². The van der Waals surface area contributed by atoms with E-state index in [0.717, 1.165) is 24.0 Å². The Morgan fingerprint density at radius 1 is 1.41 bits per heavy atom. The Labute approximate surface area is 107 Å². The van der Waals surface area contributed by atoms with E-state index in [1.165, 1.54) is 0 Å². The molecule has 0 bridgehead atoms. The van der Waals surface area contributed by atoms with E-state index in [1.54, 1.807) is 6.07 Å². The lowest BCUT2D eigenvalue weighted by molar-refractivity contribution is 0.580. The number of alkyl halides is 1. The van der Waals surface area contributed by atoms with Crippen molar-refractivity contribution in [2.45, 2.75) is 43.0 Å². The van der Waals surface area contributed by atoms with E-state index in [1.807, 2.05) is 19.1 Å². The van der Waals surface area contributed by atoms with Crippen molar-refractivity contribution in [1.29, 1.82) is 0 Å². The highest BCUT2D eigenvalue weighted by Crippen LogP contribution is 2.25. The SMILES string of the molecule is CCc1ccc(CCl)cc1S(=O)(=O)NC1CC1. The van der Waals surface area contributed by atoms with Crippen molar-refractivity contribution in [2.24, 2.45) is 0 Å². The van der Waals surface area contributed by atoms with Gasteiger partial charge in [-0.15, -0.1) is 11.6 Å². The van der Waals surface area contributed by atoms with Crippen LogP contribution in [0.1, 0.15) is 30.9 Å². The number of sulfonamides is 1. The molecule has 1 aliphatic rings. The van der Waals surface area contributed by atoms with Crippen molar-refractivity contribution in [3.05, 3.63) is 29.3 Å². The maximum atomic E-state index is 12.2. The highest BCUT2D eigenvalue weighted by Gasteiger charge is 2.29. The fourth-order valence-corrected chi connectivity index (χ4v) is 3.54. The van der Waals surface area contributed by atoms with Crippen LogP contribution in [-0.2, 0) is 22.3 Å². The van der Waals surface area contributed by atoms with Crippen LogP contribution in [0.3, 0.4) is 0 Å². The number of aryl methyl sites for hydroxylation is 1. The maximum Gasteiger partial charge on any atom is 0.241 e. The zero-order valence-electron chi connectivity index (χ0n) is 9.74. The molecule has 17 heavy (non-hydrogen) atoms. The molecule has 1 aromatic rings. The first-order valence-corrected chi connectivity index (χ1v) is 7.78. The summed E-state index contributed by atoms with van der Waals surface area (Å²) < 4.78 is 27.1. The molecule has 0 unspecified atom stereocenters. The third kappa shape index (κ3) is 3.00. The van der Waals surface area contributed by atoms with Crippen molar-refractivity contribution >= 4 is 21.6 Å². The molecule has 5 heteroatoms. The Bertz CT molecular complexity index is 509. The van der Waals surface area contributed by atoms with Crippen LogP contribution in [0.2, 0.25) is 0 Å². The summed E-state index contributed by atoms with van der Waals surface area (Å²) in [6.45, 7) is 1.95. The second-order valence-electron chi connectivity index (χ2n) is 4.32. The summed E-state index contributed by atoms with van der Waals surface area (Å²) in [5.74, 6) is 0.329. The smallest absolute Gasteiger partial charge is 0.208 e. The van der Waals surface area contributed by atoms with Crippen LogP contribution in [0.25, 0.3) is 0 Å². The van der Waals surface area contributed by atoms with Crippen LogP contribution >= 0.6 is 11.6 Å². The topological polar surface area (TPSA) is 46.2 Å². The van der Waals surface area contributed by atoms with Gasteiger partial charge in [-0.25, -0.2) is 13.1 Å². The molecular formula is C12H16ClNO2S. The van der Waals surface area contributed by atoms with Crippen LogP contribution in [-0.4, -0.2) is 14.5 Å². The molecule has 0 heterocycles. The van der Waals surface area contributed by atoms with Gasteiger partial charge < -0.3 is 0 Å². The molecule has 3 nitrogen and oxygen atoms in total. The fourth-order valence-electron chi connectivity index (χ4n) is 1.71. The summed E-state index contributed by atoms with van der Waals surface area (Å²) in [7, 11) is -3.38. The lowest BCUT2D eigenvalue weighted by atomic mass is 10.1. The molecule has 0 spiro atoms. The molecule has 1 N–H and O–H groups in total. The lowest BCUT2D eigenvalue weighted by Crippen LogP contribution is -2.26. The molecule has 2 rings (SSSR count). The quantitative estimate of drug-likeness (QED) is 0.838. The largest absolute Gasteiger partial charge is 0.241 e. The van der Waals surface area contributed by atoms with Crippen LogP contribution in [0.4, 0.5) is 0 Å². The molecule has 0 aromatic heterocycles. The molecule has 1 aromatic carbocycles. The lowest BCUT2D eigenvalue weighted by Gasteiger charge is -2.11. The summed E-state index contributed by atoms with van der Waals surface area (Å²) in [4.78, 5) is 0.380. The first kappa shape index (κ1) is 12.9. The van der Waals surface area contributed by atoms with E-state index in [2.05, 4.69) is 4.72 Å². The van der Waals surface area contributed by atoms with Gasteiger partial charge in [0.05, 0.1) is 4.90 Å². The third-order valence-electron chi connectivity index (χ3n) is 2.86. The Hall–Kier alpha value is -0.580. The Morgan fingerprint density at radius 2 is 2.12 bits per heavy atom. The Morgan fingerprint density at radius 3 is 2.65 bits per heavy atom. The Kier molecular flexibility index (Phi) is 3.76. The van der Waals surface area contributed by atoms with Gasteiger partial charge in [0.15, 0.2) is 0 Å². The molecule has 1 fully saturated rings. The standard InChI is InChI=1S/C12H16ClNO2S/c1-2-10-4-3-9(8-13)7-12(10)17(15,16)14-11-5-6-11/h3-4,7,11,14H,2,5-6,8H2,1H3. The minimum atomic E-state index is -3.38. The molecule has 0 radical (unpaired) electrons. The first-order valence-electron chi connectivity index (χ1n) is 5.77. The zero-order chi connectivity index (χ0) is 12.5. The van der Waals surface area contributed by atoms with Gasteiger partial charge in [0, 0.05) is 11.9 Å². The van der Waals surface area contributed by atoms with Gasteiger partial charge >= 0.3 is 0 Å². The van der Waals surface area contributed by atoms with Crippen LogP contribution in [0.15, 0.2) is 23.1 Å².